The van der Waals surface area contributed by atoms with E-state index in [0.29, 0.717) is 22.7 Å². The van der Waals surface area contributed by atoms with Gasteiger partial charge in [-0.2, -0.15) is 0 Å². The van der Waals surface area contributed by atoms with Gasteiger partial charge in [-0.3, -0.25) is 5.32 Å². The van der Waals surface area contributed by atoms with Gasteiger partial charge in [-0.25, -0.2) is 18.4 Å². The Bertz CT molecular complexity index is 1400. The predicted octanol–water partition coefficient (Wildman–Crippen LogP) is 5.27. The van der Waals surface area contributed by atoms with Crippen molar-refractivity contribution < 1.29 is 22.5 Å². The fraction of sp³-hybridized carbons (Fsp3) is 0.120. The summed E-state index contributed by atoms with van der Waals surface area (Å²) in [6.07, 6.45) is -1.04. The summed E-state index contributed by atoms with van der Waals surface area (Å²) in [6, 6.07) is 23.1. The molecule has 1 amide bonds. The van der Waals surface area contributed by atoms with Gasteiger partial charge < -0.3 is 9.26 Å². The Morgan fingerprint density at radius 1 is 0.941 bits per heavy atom. The van der Waals surface area contributed by atoms with Crippen LogP contribution >= 0.6 is 0 Å². The average Bonchev–Trinajstić information content (AvgIpc) is 3.19. The Labute approximate surface area is 197 Å². The lowest BCUT2D eigenvalue weighted by Gasteiger charge is -2.14. The van der Waals surface area contributed by atoms with Gasteiger partial charge in [-0.15, -0.1) is 0 Å². The SMILES string of the molecule is Cc1noc(-c2ccc(-c3ccc(S(N)(=O)=O)cc3)cc2)c1NC(=O)OC(C)c1ccccc1. The van der Waals surface area contributed by atoms with Crippen molar-refractivity contribution >= 4 is 21.8 Å². The minimum Gasteiger partial charge on any atom is -0.441 e. The van der Waals surface area contributed by atoms with Gasteiger partial charge in [0, 0.05) is 5.56 Å². The molecule has 0 spiro atoms. The Morgan fingerprint density at radius 2 is 1.50 bits per heavy atom. The monoisotopic (exact) mass is 477 g/mol. The van der Waals surface area contributed by atoms with Crippen molar-refractivity contribution in [2.45, 2.75) is 24.8 Å². The topological polar surface area (TPSA) is 125 Å². The lowest BCUT2D eigenvalue weighted by atomic mass is 10.0. The summed E-state index contributed by atoms with van der Waals surface area (Å²) in [5, 5.41) is 11.9. The summed E-state index contributed by atoms with van der Waals surface area (Å²) in [5.74, 6) is 0.401. The lowest BCUT2D eigenvalue weighted by molar-refractivity contribution is 0.121. The maximum absolute atomic E-state index is 12.5. The van der Waals surface area contributed by atoms with Gasteiger partial charge >= 0.3 is 6.09 Å². The summed E-state index contributed by atoms with van der Waals surface area (Å²) in [4.78, 5) is 12.6. The molecule has 9 heteroatoms. The first kappa shape index (κ1) is 23.2. The number of hydrogen-bond donors (Lipinski definition) is 2. The first-order chi connectivity index (χ1) is 16.2. The van der Waals surface area contributed by atoms with Gasteiger partial charge in [0.05, 0.1) is 4.90 Å². The second-order valence-corrected chi connectivity index (χ2v) is 9.26. The van der Waals surface area contributed by atoms with Gasteiger partial charge in [-0.1, -0.05) is 71.9 Å². The van der Waals surface area contributed by atoms with Gasteiger partial charge in [0.25, 0.3) is 0 Å². The van der Waals surface area contributed by atoms with Gasteiger partial charge in [-0.05, 0) is 42.7 Å². The van der Waals surface area contributed by atoms with Crippen LogP contribution in [0.3, 0.4) is 0 Å². The van der Waals surface area contributed by atoms with Crippen LogP contribution in [0, 0.1) is 6.92 Å². The fourth-order valence-electron chi connectivity index (χ4n) is 3.45. The molecule has 1 aromatic heterocycles. The van der Waals surface area contributed by atoms with Crippen LogP contribution in [0.1, 0.15) is 24.3 Å². The van der Waals surface area contributed by atoms with E-state index in [9.17, 15) is 13.2 Å². The molecular formula is C25H23N3O5S. The maximum atomic E-state index is 12.5. The predicted molar refractivity (Wildman–Crippen MR) is 128 cm³/mol. The van der Waals surface area contributed by atoms with Gasteiger partial charge in [0.15, 0.2) is 5.76 Å². The summed E-state index contributed by atoms with van der Waals surface area (Å²) >= 11 is 0. The van der Waals surface area contributed by atoms with Crippen molar-refractivity contribution in [2.24, 2.45) is 5.14 Å². The first-order valence-corrected chi connectivity index (χ1v) is 12.0. The quantitative estimate of drug-likeness (QED) is 0.390. The van der Waals surface area contributed by atoms with Gasteiger partial charge in [0.2, 0.25) is 10.0 Å². The summed E-state index contributed by atoms with van der Waals surface area (Å²) in [7, 11) is -3.74. The molecule has 174 valence electrons. The molecule has 1 atom stereocenters. The molecule has 3 aromatic carbocycles. The number of primary sulfonamides is 1. The van der Waals surface area contributed by atoms with Crippen molar-refractivity contribution in [3.05, 3.63) is 90.1 Å². The number of aryl methyl sites for hydroxylation is 1. The van der Waals surface area contributed by atoms with E-state index in [2.05, 4.69) is 10.5 Å². The number of nitrogens with one attached hydrogen (secondary N) is 1. The van der Waals surface area contributed by atoms with Crippen LogP contribution in [0.15, 0.2) is 88.3 Å². The standard InChI is InChI=1S/C25H23N3O5S/c1-16-23(27-25(29)32-17(2)18-6-4-3-5-7-18)24(33-28-16)21-10-8-19(9-11-21)20-12-14-22(15-13-20)34(26,30)31/h3-15,17H,1-2H3,(H,27,29)(H2,26,30,31). The number of rotatable bonds is 6. The zero-order valence-corrected chi connectivity index (χ0v) is 19.4. The highest BCUT2D eigenvalue weighted by Gasteiger charge is 2.20. The van der Waals surface area contributed by atoms with Crippen molar-refractivity contribution in [2.75, 3.05) is 5.32 Å². The van der Waals surface area contributed by atoms with Crippen molar-refractivity contribution in [3.63, 3.8) is 0 Å². The van der Waals surface area contributed by atoms with Crippen molar-refractivity contribution in [1.82, 2.24) is 5.16 Å². The number of carbonyl (C=O) groups excluding carboxylic acids is 1. The van der Waals surface area contributed by atoms with Crippen LogP contribution in [0.5, 0.6) is 0 Å². The molecule has 4 rings (SSSR count). The summed E-state index contributed by atoms with van der Waals surface area (Å²) in [6.45, 7) is 3.52. The molecule has 0 fully saturated rings. The van der Waals surface area contributed by atoms with Crippen LogP contribution in [-0.2, 0) is 14.8 Å². The largest absolute Gasteiger partial charge is 0.441 e. The van der Waals surface area contributed by atoms with E-state index < -0.39 is 22.2 Å². The Morgan fingerprint density at radius 3 is 2.09 bits per heavy atom. The fourth-order valence-corrected chi connectivity index (χ4v) is 3.96. The Balaban J connectivity index is 1.51. The molecule has 0 radical (unpaired) electrons. The number of ether oxygens (including phenoxy) is 1. The molecule has 0 aliphatic rings. The zero-order chi connectivity index (χ0) is 24.3. The number of anilines is 1. The summed E-state index contributed by atoms with van der Waals surface area (Å²) < 4.78 is 33.9. The number of carbonyl (C=O) groups is 1. The number of nitrogens with zero attached hydrogens (tertiary/aromatic N) is 1. The van der Waals surface area contributed by atoms with Crippen LogP contribution in [0.4, 0.5) is 10.5 Å². The van der Waals surface area contributed by atoms with E-state index >= 15 is 0 Å². The molecule has 0 aliphatic heterocycles. The highest BCUT2D eigenvalue weighted by atomic mass is 32.2. The third-order valence-electron chi connectivity index (χ3n) is 5.31. The number of aromatic nitrogens is 1. The molecule has 1 heterocycles. The van der Waals surface area contributed by atoms with E-state index in [4.69, 9.17) is 14.4 Å². The highest BCUT2D eigenvalue weighted by molar-refractivity contribution is 7.89. The van der Waals surface area contributed by atoms with E-state index in [0.717, 1.165) is 16.7 Å². The number of hydrogen-bond acceptors (Lipinski definition) is 6. The molecule has 0 aliphatic carbocycles. The Kier molecular flexibility index (Phi) is 6.49. The molecule has 0 saturated heterocycles. The minimum atomic E-state index is -3.74. The number of nitrogens with two attached hydrogens (primary N) is 1. The van der Waals surface area contributed by atoms with E-state index in [1.165, 1.54) is 12.1 Å². The number of benzene rings is 3. The Hall–Kier alpha value is -3.95. The molecule has 1 unspecified atom stereocenters. The average molecular weight is 478 g/mol. The molecule has 4 aromatic rings. The van der Waals surface area contributed by atoms with E-state index in [1.807, 2.05) is 54.6 Å². The second kappa shape index (κ2) is 9.50. The third kappa shape index (κ3) is 5.16. The zero-order valence-electron chi connectivity index (χ0n) is 18.6. The van der Waals surface area contributed by atoms with Crippen molar-refractivity contribution in [1.29, 1.82) is 0 Å². The first-order valence-electron chi connectivity index (χ1n) is 10.4. The number of sulfonamides is 1. The third-order valence-corrected chi connectivity index (χ3v) is 6.24. The molecule has 8 nitrogen and oxygen atoms in total. The van der Waals surface area contributed by atoms with Crippen LogP contribution in [0.2, 0.25) is 0 Å². The minimum absolute atomic E-state index is 0.0502. The van der Waals surface area contributed by atoms with Gasteiger partial charge in [0.1, 0.15) is 17.5 Å². The van der Waals surface area contributed by atoms with Crippen LogP contribution in [0.25, 0.3) is 22.5 Å². The number of amides is 1. The molecule has 34 heavy (non-hydrogen) atoms. The van der Waals surface area contributed by atoms with Crippen molar-refractivity contribution in [3.8, 4) is 22.5 Å². The van der Waals surface area contributed by atoms with E-state index in [-0.39, 0.29) is 4.90 Å². The van der Waals surface area contributed by atoms with Crippen LogP contribution in [-0.4, -0.2) is 19.7 Å². The molecule has 0 saturated carbocycles. The normalized spacial score (nSPS) is 12.2. The highest BCUT2D eigenvalue weighted by Crippen LogP contribution is 2.33. The molecular weight excluding hydrogens is 454 g/mol. The van der Waals surface area contributed by atoms with E-state index in [1.54, 1.807) is 26.0 Å². The second-order valence-electron chi connectivity index (χ2n) is 7.70. The summed E-state index contributed by atoms with van der Waals surface area (Å²) in [5.41, 5.74) is 4.22. The molecule has 0 bridgehead atoms. The van der Waals surface area contributed by atoms with Crippen LogP contribution < -0.4 is 10.5 Å². The molecule has 3 N–H and O–H groups in total. The lowest BCUT2D eigenvalue weighted by Crippen LogP contribution is -2.16. The maximum Gasteiger partial charge on any atom is 0.412 e. The smallest absolute Gasteiger partial charge is 0.412 e.